The molecule has 0 aromatic carbocycles. The van der Waals surface area contributed by atoms with Gasteiger partial charge in [0.1, 0.15) is 5.92 Å². The van der Waals surface area contributed by atoms with Crippen LogP contribution in [0.3, 0.4) is 0 Å². The van der Waals surface area contributed by atoms with Gasteiger partial charge < -0.3 is 5.32 Å². The molecule has 2 aliphatic rings. The van der Waals surface area contributed by atoms with E-state index in [0.29, 0.717) is 10.4 Å². The highest BCUT2D eigenvalue weighted by Crippen LogP contribution is 2.48. The number of thiocarbonyl (C=S) groups is 1. The number of thiazole rings is 1. The van der Waals surface area contributed by atoms with Gasteiger partial charge in [-0.15, -0.1) is 11.3 Å². The average molecular weight is 303 g/mol. The summed E-state index contributed by atoms with van der Waals surface area (Å²) in [5, 5.41) is 12.8. The second-order valence-corrected chi connectivity index (χ2v) is 7.68. The Bertz CT molecular complexity index is 608. The lowest BCUT2D eigenvalue weighted by Gasteiger charge is -2.41. The van der Waals surface area contributed by atoms with Gasteiger partial charge in [0.15, 0.2) is 0 Å². The first-order chi connectivity index (χ1) is 9.52. The van der Waals surface area contributed by atoms with Crippen molar-refractivity contribution in [2.75, 3.05) is 0 Å². The Hall–Kier alpha value is -1.25. The molecular formula is C15H17N3S2. The van der Waals surface area contributed by atoms with E-state index < -0.39 is 0 Å². The molecule has 20 heavy (non-hydrogen) atoms. The summed E-state index contributed by atoms with van der Waals surface area (Å²) in [6.45, 7) is 4.58. The monoisotopic (exact) mass is 303 g/mol. The number of nitriles is 1. The molecule has 0 fully saturated rings. The molecule has 2 unspecified atom stereocenters. The Balaban J connectivity index is 2.08. The van der Waals surface area contributed by atoms with Crippen LogP contribution in [0.15, 0.2) is 23.0 Å². The van der Waals surface area contributed by atoms with Gasteiger partial charge in [-0.3, -0.25) is 4.98 Å². The van der Waals surface area contributed by atoms with Crippen molar-refractivity contribution in [3.63, 3.8) is 0 Å². The van der Waals surface area contributed by atoms with Gasteiger partial charge in [0.25, 0.3) is 0 Å². The molecule has 1 aromatic rings. The van der Waals surface area contributed by atoms with Crippen molar-refractivity contribution >= 4 is 28.5 Å². The molecule has 104 valence electrons. The minimum Gasteiger partial charge on any atom is -0.352 e. The number of nitrogens with zero attached hydrogens (tertiary/aromatic N) is 2. The minimum atomic E-state index is -0.259. The topological polar surface area (TPSA) is 48.7 Å². The molecule has 0 amide bonds. The maximum atomic E-state index is 9.51. The van der Waals surface area contributed by atoms with Crippen LogP contribution in [0.25, 0.3) is 0 Å². The van der Waals surface area contributed by atoms with Crippen LogP contribution < -0.4 is 5.32 Å². The van der Waals surface area contributed by atoms with E-state index in [9.17, 15) is 5.26 Å². The maximum absolute atomic E-state index is 9.51. The quantitative estimate of drug-likeness (QED) is 0.803. The van der Waals surface area contributed by atoms with E-state index in [-0.39, 0.29) is 11.8 Å². The number of aromatic nitrogens is 1. The van der Waals surface area contributed by atoms with Gasteiger partial charge in [0.2, 0.25) is 0 Å². The third kappa shape index (κ3) is 2.27. The first-order valence-electron chi connectivity index (χ1n) is 6.82. The van der Waals surface area contributed by atoms with Crippen LogP contribution in [0.5, 0.6) is 0 Å². The van der Waals surface area contributed by atoms with Crippen molar-refractivity contribution in [3.8, 4) is 6.07 Å². The van der Waals surface area contributed by atoms with Crippen LogP contribution in [0.4, 0.5) is 0 Å². The maximum Gasteiger partial charge on any atom is 0.108 e. The lowest BCUT2D eigenvalue weighted by molar-refractivity contribution is 0.298. The fraction of sp³-hybridized carbons (Fsp3) is 0.533. The lowest BCUT2D eigenvalue weighted by atomic mass is 9.69. The van der Waals surface area contributed by atoms with Gasteiger partial charge in [0, 0.05) is 22.7 Å². The van der Waals surface area contributed by atoms with Crippen LogP contribution in [0.1, 0.15) is 43.9 Å². The van der Waals surface area contributed by atoms with Crippen molar-refractivity contribution in [2.24, 2.45) is 11.3 Å². The number of rotatable bonds is 1. The first-order valence-corrected chi connectivity index (χ1v) is 8.11. The molecule has 0 spiro atoms. The third-order valence-corrected chi connectivity index (χ3v) is 5.49. The molecule has 3 rings (SSSR count). The van der Waals surface area contributed by atoms with Crippen LogP contribution in [-0.2, 0) is 0 Å². The SMILES string of the molecule is CC1(C)CCC2=C(C1)NC(=S)C(C#N)C2c1cncs1. The van der Waals surface area contributed by atoms with Crippen molar-refractivity contribution in [3.05, 3.63) is 27.9 Å². The molecule has 1 aromatic heterocycles. The summed E-state index contributed by atoms with van der Waals surface area (Å²) >= 11 is 7.06. The van der Waals surface area contributed by atoms with Crippen LogP contribution in [0.2, 0.25) is 0 Å². The molecule has 2 heterocycles. The van der Waals surface area contributed by atoms with Crippen molar-refractivity contribution in [2.45, 2.75) is 39.0 Å². The molecule has 1 aliphatic heterocycles. The lowest BCUT2D eigenvalue weighted by Crippen LogP contribution is -2.41. The zero-order valence-electron chi connectivity index (χ0n) is 11.6. The Morgan fingerprint density at radius 3 is 3.00 bits per heavy atom. The highest BCUT2D eigenvalue weighted by molar-refractivity contribution is 7.80. The fourth-order valence-electron chi connectivity index (χ4n) is 3.20. The molecule has 2 atom stereocenters. The summed E-state index contributed by atoms with van der Waals surface area (Å²) < 4.78 is 0. The zero-order chi connectivity index (χ0) is 14.3. The summed E-state index contributed by atoms with van der Waals surface area (Å²) in [4.78, 5) is 6.01. The molecule has 1 aliphatic carbocycles. The Morgan fingerprint density at radius 1 is 1.55 bits per heavy atom. The van der Waals surface area contributed by atoms with Gasteiger partial charge in [-0.2, -0.15) is 5.26 Å². The summed E-state index contributed by atoms with van der Waals surface area (Å²) in [5.74, 6) is -0.155. The molecular weight excluding hydrogens is 286 g/mol. The van der Waals surface area contributed by atoms with Gasteiger partial charge >= 0.3 is 0 Å². The van der Waals surface area contributed by atoms with Crippen LogP contribution >= 0.6 is 23.6 Å². The Morgan fingerprint density at radius 2 is 2.35 bits per heavy atom. The van der Waals surface area contributed by atoms with E-state index in [4.69, 9.17) is 12.2 Å². The second kappa shape index (κ2) is 4.94. The first kappa shape index (κ1) is 13.7. The average Bonchev–Trinajstić information content (AvgIpc) is 2.89. The van der Waals surface area contributed by atoms with E-state index in [0.717, 1.165) is 24.1 Å². The summed E-state index contributed by atoms with van der Waals surface area (Å²) in [7, 11) is 0. The van der Waals surface area contributed by atoms with E-state index in [1.165, 1.54) is 11.3 Å². The summed E-state index contributed by atoms with van der Waals surface area (Å²) in [6.07, 6.45) is 5.10. The van der Waals surface area contributed by atoms with Crippen molar-refractivity contribution in [1.82, 2.24) is 10.3 Å². The Labute approximate surface area is 128 Å². The molecule has 0 saturated heterocycles. The van der Waals surface area contributed by atoms with Gasteiger partial charge in [-0.25, -0.2) is 0 Å². The van der Waals surface area contributed by atoms with Crippen molar-refractivity contribution < 1.29 is 0 Å². The van der Waals surface area contributed by atoms with Crippen LogP contribution in [0, 0.1) is 22.7 Å². The molecule has 3 nitrogen and oxygen atoms in total. The normalized spacial score (nSPS) is 28.6. The van der Waals surface area contributed by atoms with Gasteiger partial charge in [-0.1, -0.05) is 26.1 Å². The number of hydrogen-bond donors (Lipinski definition) is 1. The molecule has 0 radical (unpaired) electrons. The van der Waals surface area contributed by atoms with E-state index in [1.807, 2.05) is 11.7 Å². The number of allylic oxidation sites excluding steroid dienone is 2. The molecule has 0 bridgehead atoms. The zero-order valence-corrected chi connectivity index (χ0v) is 13.3. The largest absolute Gasteiger partial charge is 0.352 e. The fourth-order valence-corrected chi connectivity index (χ4v) is 4.30. The van der Waals surface area contributed by atoms with E-state index in [2.05, 4.69) is 30.2 Å². The predicted molar refractivity (Wildman–Crippen MR) is 84.3 cm³/mol. The summed E-state index contributed by atoms with van der Waals surface area (Å²) in [6, 6.07) is 2.39. The smallest absolute Gasteiger partial charge is 0.108 e. The highest BCUT2D eigenvalue weighted by atomic mass is 32.1. The molecule has 1 N–H and O–H groups in total. The standard InChI is InChI=1S/C15H17N3S2/c1-15(2)4-3-9-11(5-15)18-14(19)10(6-16)13(9)12-7-17-8-20-12/h7-8,10,13H,3-5H2,1-2H3,(H,18,19). The van der Waals surface area contributed by atoms with Gasteiger partial charge in [0.05, 0.1) is 16.6 Å². The number of nitrogens with one attached hydrogen (secondary N) is 1. The third-order valence-electron chi connectivity index (χ3n) is 4.28. The van der Waals surface area contributed by atoms with Crippen molar-refractivity contribution in [1.29, 1.82) is 5.26 Å². The Kier molecular flexibility index (Phi) is 3.39. The highest BCUT2D eigenvalue weighted by Gasteiger charge is 2.40. The molecule has 0 saturated carbocycles. The summed E-state index contributed by atoms with van der Waals surface area (Å²) in [5.41, 5.74) is 4.76. The van der Waals surface area contributed by atoms with Gasteiger partial charge in [-0.05, 0) is 30.3 Å². The molecule has 5 heteroatoms. The number of hydrogen-bond acceptors (Lipinski definition) is 4. The van der Waals surface area contributed by atoms with E-state index >= 15 is 0 Å². The minimum absolute atomic E-state index is 0.104. The van der Waals surface area contributed by atoms with Crippen LogP contribution in [-0.4, -0.2) is 9.97 Å². The predicted octanol–water partition coefficient (Wildman–Crippen LogP) is 3.76. The second-order valence-electron chi connectivity index (χ2n) is 6.32. The van der Waals surface area contributed by atoms with E-state index in [1.54, 1.807) is 11.3 Å².